The van der Waals surface area contributed by atoms with Gasteiger partial charge in [0.15, 0.2) is 0 Å². The van der Waals surface area contributed by atoms with E-state index in [4.69, 9.17) is 4.65 Å². The quantitative estimate of drug-likeness (QED) is 0.470. The van der Waals surface area contributed by atoms with Crippen LogP contribution in [0, 0.1) is 0 Å². The number of rotatable bonds is 6. The average Bonchev–Trinajstić information content (AvgIpc) is 2.04. The third kappa shape index (κ3) is 5.70. The topological polar surface area (TPSA) is 9.23 Å². The van der Waals surface area contributed by atoms with Crippen LogP contribution in [-0.4, -0.2) is 12.2 Å². The van der Waals surface area contributed by atoms with E-state index in [-0.39, 0.29) is 5.60 Å². The Balaban J connectivity index is 3.91. The highest BCUT2D eigenvalue weighted by atomic mass is 31.0. The van der Waals surface area contributed by atoms with Gasteiger partial charge < -0.3 is 4.65 Å². The minimum absolute atomic E-state index is 0.0222. The standard InChI is InChI=1S/C10H24BOP/c1-6-8-9(3)11(13)12-10(4,5)7-2/h9H,6-8,13H2,1-5H3. The monoisotopic (exact) mass is 202 g/mol. The van der Waals surface area contributed by atoms with Crippen LogP contribution in [0.15, 0.2) is 0 Å². The van der Waals surface area contributed by atoms with E-state index in [1.54, 1.807) is 0 Å². The largest absolute Gasteiger partial charge is 0.427 e. The second-order valence-corrected chi connectivity index (χ2v) is 5.12. The van der Waals surface area contributed by atoms with Crippen molar-refractivity contribution >= 4 is 15.8 Å². The molecule has 0 heterocycles. The van der Waals surface area contributed by atoms with Crippen LogP contribution in [0.2, 0.25) is 5.82 Å². The third-order valence-corrected chi connectivity index (χ3v) is 3.40. The molecular weight excluding hydrogens is 178 g/mol. The first-order valence-electron chi connectivity index (χ1n) is 5.36. The molecule has 0 N–H and O–H groups in total. The molecule has 0 spiro atoms. The van der Waals surface area contributed by atoms with Crippen molar-refractivity contribution in [2.24, 2.45) is 0 Å². The van der Waals surface area contributed by atoms with E-state index < -0.39 is 0 Å². The van der Waals surface area contributed by atoms with Crippen LogP contribution in [0.4, 0.5) is 0 Å². The second-order valence-electron chi connectivity index (χ2n) is 4.46. The molecule has 0 amide bonds. The zero-order valence-electron chi connectivity index (χ0n) is 9.76. The summed E-state index contributed by atoms with van der Waals surface area (Å²) in [5.41, 5.74) is 0.0222. The summed E-state index contributed by atoms with van der Waals surface area (Å²) in [4.78, 5) is 0. The average molecular weight is 202 g/mol. The van der Waals surface area contributed by atoms with E-state index in [0.717, 1.165) is 6.42 Å². The van der Waals surface area contributed by atoms with Gasteiger partial charge in [-0.2, -0.15) is 0 Å². The van der Waals surface area contributed by atoms with Crippen molar-refractivity contribution < 1.29 is 4.65 Å². The van der Waals surface area contributed by atoms with Crippen molar-refractivity contribution in [2.75, 3.05) is 0 Å². The number of hydrogen-bond acceptors (Lipinski definition) is 1. The van der Waals surface area contributed by atoms with Gasteiger partial charge in [0.2, 0.25) is 0 Å². The highest BCUT2D eigenvalue weighted by molar-refractivity contribution is 7.60. The Morgan fingerprint density at radius 3 is 2.31 bits per heavy atom. The molecule has 0 aromatic heterocycles. The Bertz CT molecular complexity index is 139. The van der Waals surface area contributed by atoms with Crippen molar-refractivity contribution in [3.63, 3.8) is 0 Å². The van der Waals surface area contributed by atoms with Crippen molar-refractivity contribution in [1.29, 1.82) is 0 Å². The summed E-state index contributed by atoms with van der Waals surface area (Å²) in [5, 5.41) is 0. The van der Waals surface area contributed by atoms with Crippen LogP contribution in [0.3, 0.4) is 0 Å². The van der Waals surface area contributed by atoms with Gasteiger partial charge in [-0.15, -0.1) is 9.12 Å². The van der Waals surface area contributed by atoms with E-state index in [1.807, 2.05) is 0 Å². The van der Waals surface area contributed by atoms with E-state index in [0.29, 0.717) is 12.5 Å². The zero-order valence-corrected chi connectivity index (χ0v) is 10.9. The van der Waals surface area contributed by atoms with Gasteiger partial charge in [-0.05, 0) is 26.1 Å². The second kappa shape index (κ2) is 6.04. The molecule has 0 aliphatic heterocycles. The summed E-state index contributed by atoms with van der Waals surface area (Å²) >= 11 is 0. The molecule has 2 unspecified atom stereocenters. The minimum Gasteiger partial charge on any atom is -0.427 e. The van der Waals surface area contributed by atoms with E-state index in [2.05, 4.69) is 43.7 Å². The predicted molar refractivity (Wildman–Crippen MR) is 65.3 cm³/mol. The van der Waals surface area contributed by atoms with Gasteiger partial charge in [-0.3, -0.25) is 0 Å². The molecule has 0 radical (unpaired) electrons. The summed E-state index contributed by atoms with van der Waals surface area (Å²) < 4.78 is 5.96. The van der Waals surface area contributed by atoms with Gasteiger partial charge in [0.25, 0.3) is 0 Å². The van der Waals surface area contributed by atoms with Gasteiger partial charge in [0.05, 0.1) is 0 Å². The maximum atomic E-state index is 5.96. The summed E-state index contributed by atoms with van der Waals surface area (Å²) in [6, 6.07) is 0. The van der Waals surface area contributed by atoms with E-state index in [9.17, 15) is 0 Å². The molecule has 0 aliphatic carbocycles. The molecule has 0 fully saturated rings. The Morgan fingerprint density at radius 2 is 1.92 bits per heavy atom. The molecular formula is C10H24BOP. The molecule has 0 rings (SSSR count). The van der Waals surface area contributed by atoms with Gasteiger partial charge in [-0.1, -0.05) is 33.6 Å². The molecule has 0 bridgehead atoms. The van der Waals surface area contributed by atoms with Crippen molar-refractivity contribution in [3.05, 3.63) is 0 Å². The zero-order chi connectivity index (χ0) is 10.5. The van der Waals surface area contributed by atoms with Gasteiger partial charge in [-0.25, -0.2) is 0 Å². The maximum Gasteiger partial charge on any atom is 0.318 e. The van der Waals surface area contributed by atoms with Crippen molar-refractivity contribution in [2.45, 2.75) is 65.3 Å². The molecule has 0 aromatic rings. The normalized spacial score (nSPS) is 14.3. The van der Waals surface area contributed by atoms with Crippen LogP contribution < -0.4 is 0 Å². The molecule has 13 heavy (non-hydrogen) atoms. The van der Waals surface area contributed by atoms with Gasteiger partial charge in [0, 0.05) is 5.60 Å². The number of hydrogen-bond donors (Lipinski definition) is 0. The lowest BCUT2D eigenvalue weighted by atomic mass is 9.75. The van der Waals surface area contributed by atoms with E-state index >= 15 is 0 Å². The molecule has 1 nitrogen and oxygen atoms in total. The fourth-order valence-electron chi connectivity index (χ4n) is 1.19. The minimum atomic E-state index is 0.0222. The van der Waals surface area contributed by atoms with Crippen LogP contribution >= 0.6 is 9.12 Å². The summed E-state index contributed by atoms with van der Waals surface area (Å²) in [7, 11) is 2.82. The smallest absolute Gasteiger partial charge is 0.318 e. The maximum absolute atomic E-state index is 5.96. The summed E-state index contributed by atoms with van der Waals surface area (Å²) in [6.45, 7) is 11.3. The Labute approximate surface area is 86.3 Å². The van der Waals surface area contributed by atoms with Crippen molar-refractivity contribution in [1.82, 2.24) is 0 Å². The predicted octanol–water partition coefficient (Wildman–Crippen LogP) is 3.75. The molecule has 3 heteroatoms. The molecule has 0 aromatic carbocycles. The molecule has 2 atom stereocenters. The van der Waals surface area contributed by atoms with Crippen LogP contribution in [-0.2, 0) is 4.65 Å². The van der Waals surface area contributed by atoms with Gasteiger partial charge >= 0.3 is 6.64 Å². The Morgan fingerprint density at radius 1 is 1.38 bits per heavy atom. The fraction of sp³-hybridized carbons (Fsp3) is 1.00. The first kappa shape index (κ1) is 13.5. The summed E-state index contributed by atoms with van der Waals surface area (Å²) in [6.07, 6.45) is 3.55. The summed E-state index contributed by atoms with van der Waals surface area (Å²) in [5.74, 6) is 0.640. The highest BCUT2D eigenvalue weighted by Crippen LogP contribution is 2.27. The Hall–Kier alpha value is 0.455. The lowest BCUT2D eigenvalue weighted by molar-refractivity contribution is 0.106. The lowest BCUT2D eigenvalue weighted by Crippen LogP contribution is -2.31. The first-order valence-corrected chi connectivity index (χ1v) is 6.03. The molecule has 78 valence electrons. The first-order chi connectivity index (χ1) is 5.93. The van der Waals surface area contributed by atoms with E-state index in [1.165, 1.54) is 12.8 Å². The van der Waals surface area contributed by atoms with Crippen LogP contribution in [0.1, 0.15) is 53.9 Å². The van der Waals surface area contributed by atoms with Crippen LogP contribution in [0.25, 0.3) is 0 Å². The SMILES string of the molecule is CCCC(C)B(P)OC(C)(C)CC. The van der Waals surface area contributed by atoms with Crippen molar-refractivity contribution in [3.8, 4) is 0 Å². The Kier molecular flexibility index (Phi) is 6.25. The lowest BCUT2D eigenvalue weighted by Gasteiger charge is -2.29. The molecule has 0 saturated carbocycles. The third-order valence-electron chi connectivity index (χ3n) is 2.61. The highest BCUT2D eigenvalue weighted by Gasteiger charge is 2.25. The molecule has 0 aliphatic rings. The fourth-order valence-corrected chi connectivity index (χ4v) is 1.75. The van der Waals surface area contributed by atoms with Gasteiger partial charge in [0.1, 0.15) is 0 Å². The van der Waals surface area contributed by atoms with Crippen LogP contribution in [0.5, 0.6) is 0 Å². The molecule has 0 saturated heterocycles.